The van der Waals surface area contributed by atoms with E-state index in [9.17, 15) is 0 Å². The second-order valence-corrected chi connectivity index (χ2v) is 1.84. The second-order valence-electron chi connectivity index (χ2n) is 1.84. The summed E-state index contributed by atoms with van der Waals surface area (Å²) in [7, 11) is 0. The van der Waals surface area contributed by atoms with Gasteiger partial charge in [-0.05, 0) is 0 Å². The van der Waals surface area contributed by atoms with Gasteiger partial charge in [0.2, 0.25) is 0 Å². The van der Waals surface area contributed by atoms with Crippen LogP contribution in [-0.4, -0.2) is 11.1 Å². The van der Waals surface area contributed by atoms with E-state index < -0.39 is 5.97 Å². The van der Waals surface area contributed by atoms with Crippen LogP contribution in [0.3, 0.4) is 0 Å². The van der Waals surface area contributed by atoms with Gasteiger partial charge in [-0.2, -0.15) is 0 Å². The maximum atomic E-state index is 9.00. The SMILES string of the molecule is CC(=O)O.N[n+]1ccccc1. The minimum atomic E-state index is -0.833. The highest BCUT2D eigenvalue weighted by atomic mass is 16.4. The molecule has 3 N–H and O–H groups in total. The summed E-state index contributed by atoms with van der Waals surface area (Å²) in [5.74, 6) is 4.44. The molecule has 0 amide bonds. The Balaban J connectivity index is 0.000000218. The number of nitrogens with two attached hydrogens (primary N) is 1. The van der Waals surface area contributed by atoms with Crippen LogP contribution in [0.5, 0.6) is 0 Å². The molecule has 0 aromatic carbocycles. The highest BCUT2D eigenvalue weighted by Gasteiger charge is 1.79. The van der Waals surface area contributed by atoms with E-state index in [2.05, 4.69) is 0 Å². The van der Waals surface area contributed by atoms with Crippen LogP contribution in [0.2, 0.25) is 0 Å². The van der Waals surface area contributed by atoms with Crippen molar-refractivity contribution in [3.8, 4) is 0 Å². The lowest BCUT2D eigenvalue weighted by atomic mass is 10.5. The van der Waals surface area contributed by atoms with E-state index in [4.69, 9.17) is 15.7 Å². The fourth-order valence-electron chi connectivity index (χ4n) is 0.412. The van der Waals surface area contributed by atoms with Crippen molar-refractivity contribution in [2.75, 3.05) is 5.84 Å². The van der Waals surface area contributed by atoms with Gasteiger partial charge in [0.25, 0.3) is 5.97 Å². The van der Waals surface area contributed by atoms with Crippen molar-refractivity contribution >= 4 is 5.97 Å². The molecule has 1 rings (SSSR count). The molecule has 0 aliphatic rings. The van der Waals surface area contributed by atoms with E-state index in [1.165, 1.54) is 4.68 Å². The Bertz CT molecular complexity index is 207. The second kappa shape index (κ2) is 5.22. The predicted octanol–water partition coefficient (Wildman–Crippen LogP) is -0.221. The van der Waals surface area contributed by atoms with Crippen LogP contribution in [0.4, 0.5) is 0 Å². The first kappa shape index (κ1) is 9.42. The molecule has 4 nitrogen and oxygen atoms in total. The van der Waals surface area contributed by atoms with Crippen molar-refractivity contribution in [1.29, 1.82) is 0 Å². The lowest BCUT2D eigenvalue weighted by molar-refractivity contribution is -0.638. The standard InChI is InChI=1S/C5H7N2.C2H4O2/c6-7-4-2-1-3-5-7;1-2(3)4/h1-5H,6H2;1H3,(H,3,4)/q+1;. The van der Waals surface area contributed by atoms with Crippen LogP contribution < -0.4 is 10.5 Å². The molecule has 0 radical (unpaired) electrons. The number of hydrogen-bond acceptors (Lipinski definition) is 2. The summed E-state index contributed by atoms with van der Waals surface area (Å²) < 4.78 is 1.50. The van der Waals surface area contributed by atoms with Crippen LogP contribution in [0.1, 0.15) is 6.92 Å². The predicted molar refractivity (Wildman–Crippen MR) is 40.1 cm³/mol. The number of pyridine rings is 1. The smallest absolute Gasteiger partial charge is 0.300 e. The first-order valence-electron chi connectivity index (χ1n) is 3.04. The molecule has 1 aromatic heterocycles. The molecule has 0 saturated heterocycles. The third kappa shape index (κ3) is 8.42. The van der Waals surface area contributed by atoms with Gasteiger partial charge < -0.3 is 5.11 Å². The van der Waals surface area contributed by atoms with Crippen molar-refractivity contribution in [3.63, 3.8) is 0 Å². The molecule has 0 fully saturated rings. The Morgan fingerprint density at radius 2 is 1.73 bits per heavy atom. The summed E-state index contributed by atoms with van der Waals surface area (Å²) >= 11 is 0. The number of rotatable bonds is 0. The van der Waals surface area contributed by atoms with Gasteiger partial charge in [-0.1, -0.05) is 10.7 Å². The number of carbonyl (C=O) groups is 1. The molecule has 0 aliphatic heterocycles. The van der Waals surface area contributed by atoms with E-state index >= 15 is 0 Å². The average molecular weight is 155 g/mol. The Kier molecular flexibility index (Phi) is 4.47. The van der Waals surface area contributed by atoms with Crippen LogP contribution in [0, 0.1) is 0 Å². The van der Waals surface area contributed by atoms with E-state index in [0.29, 0.717) is 0 Å². The molecule has 1 aromatic rings. The fraction of sp³-hybridized carbons (Fsp3) is 0.143. The van der Waals surface area contributed by atoms with Gasteiger partial charge in [0.15, 0.2) is 12.4 Å². The maximum absolute atomic E-state index is 9.00. The largest absolute Gasteiger partial charge is 0.481 e. The Labute approximate surface area is 64.9 Å². The monoisotopic (exact) mass is 155 g/mol. The lowest BCUT2D eigenvalue weighted by Crippen LogP contribution is -2.42. The molecule has 0 unspecified atom stereocenters. The molecule has 0 spiro atoms. The molecule has 1 heterocycles. The van der Waals surface area contributed by atoms with Gasteiger partial charge in [-0.25, -0.2) is 5.84 Å². The minimum Gasteiger partial charge on any atom is -0.481 e. The maximum Gasteiger partial charge on any atom is 0.300 e. The Hall–Kier alpha value is -1.58. The van der Waals surface area contributed by atoms with Gasteiger partial charge in [0, 0.05) is 19.1 Å². The van der Waals surface area contributed by atoms with E-state index in [0.717, 1.165) is 6.92 Å². The third-order valence-electron chi connectivity index (χ3n) is 0.739. The minimum absolute atomic E-state index is 0.833. The zero-order valence-electron chi connectivity index (χ0n) is 6.27. The van der Waals surface area contributed by atoms with E-state index in [-0.39, 0.29) is 0 Å². The summed E-state index contributed by atoms with van der Waals surface area (Å²) in [5, 5.41) is 7.42. The van der Waals surface area contributed by atoms with Gasteiger partial charge in [-0.15, -0.1) is 0 Å². The van der Waals surface area contributed by atoms with Crippen LogP contribution >= 0.6 is 0 Å². The number of carboxylic acid groups (broad SMARTS) is 1. The van der Waals surface area contributed by atoms with E-state index in [1.54, 1.807) is 12.4 Å². The van der Waals surface area contributed by atoms with Crippen molar-refractivity contribution in [1.82, 2.24) is 0 Å². The van der Waals surface area contributed by atoms with Gasteiger partial charge >= 0.3 is 0 Å². The molecule has 4 heteroatoms. The van der Waals surface area contributed by atoms with Crippen LogP contribution in [-0.2, 0) is 4.79 Å². The number of nitrogen functional groups attached to an aromatic ring is 1. The van der Waals surface area contributed by atoms with Crippen LogP contribution in [0.25, 0.3) is 0 Å². The van der Waals surface area contributed by atoms with Crippen molar-refractivity contribution < 1.29 is 14.6 Å². The number of carboxylic acids is 1. The molecular weight excluding hydrogens is 144 g/mol. The highest BCUT2D eigenvalue weighted by molar-refractivity contribution is 5.62. The molecule has 0 aliphatic carbocycles. The van der Waals surface area contributed by atoms with Gasteiger partial charge in [-0.3, -0.25) is 4.79 Å². The van der Waals surface area contributed by atoms with E-state index in [1.807, 2.05) is 18.2 Å². The molecule has 0 bridgehead atoms. The topological polar surface area (TPSA) is 67.2 Å². The molecule has 60 valence electrons. The quantitative estimate of drug-likeness (QED) is 0.402. The van der Waals surface area contributed by atoms with Gasteiger partial charge in [0.1, 0.15) is 0 Å². The normalized spacial score (nSPS) is 7.73. The highest BCUT2D eigenvalue weighted by Crippen LogP contribution is 1.70. The average Bonchev–Trinajstić information content (AvgIpc) is 1.87. The number of nitrogens with zero attached hydrogens (tertiary/aromatic N) is 1. The van der Waals surface area contributed by atoms with Crippen LogP contribution in [0.15, 0.2) is 30.6 Å². The Morgan fingerprint density at radius 3 is 1.91 bits per heavy atom. The fourth-order valence-corrected chi connectivity index (χ4v) is 0.412. The summed E-state index contributed by atoms with van der Waals surface area (Å²) in [6.45, 7) is 1.08. The van der Waals surface area contributed by atoms with Gasteiger partial charge in [0.05, 0.1) is 0 Å². The molecular formula is C7H11N2O2+. The first-order chi connectivity index (χ1) is 5.13. The summed E-state index contributed by atoms with van der Waals surface area (Å²) in [6, 6.07) is 5.67. The zero-order chi connectivity index (χ0) is 8.69. The number of hydrogen-bond donors (Lipinski definition) is 2. The number of aromatic nitrogens is 1. The molecule has 0 saturated carbocycles. The lowest BCUT2D eigenvalue weighted by Gasteiger charge is -1.76. The molecule has 0 atom stereocenters. The zero-order valence-corrected chi connectivity index (χ0v) is 6.27. The van der Waals surface area contributed by atoms with Crippen molar-refractivity contribution in [2.24, 2.45) is 0 Å². The van der Waals surface area contributed by atoms with Crippen molar-refractivity contribution in [2.45, 2.75) is 6.92 Å². The van der Waals surface area contributed by atoms with Crippen molar-refractivity contribution in [3.05, 3.63) is 30.6 Å². The third-order valence-corrected chi connectivity index (χ3v) is 0.739. The number of aliphatic carboxylic acids is 1. The molecule has 11 heavy (non-hydrogen) atoms. The summed E-state index contributed by atoms with van der Waals surface area (Å²) in [6.07, 6.45) is 3.56. The Morgan fingerprint density at radius 1 is 1.36 bits per heavy atom. The first-order valence-corrected chi connectivity index (χ1v) is 3.04. The summed E-state index contributed by atoms with van der Waals surface area (Å²) in [5.41, 5.74) is 0. The summed E-state index contributed by atoms with van der Waals surface area (Å²) in [4.78, 5) is 9.00.